The third-order valence-corrected chi connectivity index (χ3v) is 5.38. The van der Waals surface area contributed by atoms with Crippen LogP contribution in [-0.4, -0.2) is 40.6 Å². The van der Waals surface area contributed by atoms with Crippen LogP contribution in [0.2, 0.25) is 0 Å². The van der Waals surface area contributed by atoms with Crippen molar-refractivity contribution in [3.63, 3.8) is 0 Å². The molecule has 1 aliphatic heterocycles. The third-order valence-electron chi connectivity index (χ3n) is 5.38. The van der Waals surface area contributed by atoms with Gasteiger partial charge in [0, 0.05) is 39.1 Å². The lowest BCUT2D eigenvalue weighted by molar-refractivity contribution is 0.133. The van der Waals surface area contributed by atoms with Crippen molar-refractivity contribution < 1.29 is 0 Å². The van der Waals surface area contributed by atoms with Gasteiger partial charge in [0.25, 0.3) is 0 Å². The predicted octanol–water partition coefficient (Wildman–Crippen LogP) is 3.00. The van der Waals surface area contributed by atoms with Crippen molar-refractivity contribution in [3.05, 3.63) is 18.2 Å². The Kier molecular flexibility index (Phi) is 6.72. The van der Waals surface area contributed by atoms with Gasteiger partial charge in [-0.25, -0.2) is 4.98 Å². The van der Waals surface area contributed by atoms with Gasteiger partial charge < -0.3 is 9.88 Å². The molecule has 1 N–H and O–H groups in total. The third kappa shape index (κ3) is 4.24. The van der Waals surface area contributed by atoms with Crippen molar-refractivity contribution >= 4 is 12.4 Å². The zero-order chi connectivity index (χ0) is 14.7. The summed E-state index contributed by atoms with van der Waals surface area (Å²) in [5, 5.41) is 3.53. The Labute approximate surface area is 141 Å². The van der Waals surface area contributed by atoms with E-state index in [0.29, 0.717) is 6.04 Å². The first-order chi connectivity index (χ1) is 10.2. The molecule has 3 atom stereocenters. The van der Waals surface area contributed by atoms with E-state index in [0.717, 1.165) is 31.5 Å². The molecule has 1 aromatic heterocycles. The maximum Gasteiger partial charge on any atom is 0.127 e. The highest BCUT2D eigenvalue weighted by Crippen LogP contribution is 2.31. The van der Waals surface area contributed by atoms with Crippen LogP contribution < -0.4 is 5.32 Å². The zero-order valence-electron chi connectivity index (χ0n) is 14.0. The van der Waals surface area contributed by atoms with Crippen LogP contribution in [0.1, 0.15) is 50.9 Å². The largest absolute Gasteiger partial charge is 0.337 e. The van der Waals surface area contributed by atoms with Gasteiger partial charge in [0.1, 0.15) is 5.82 Å². The monoisotopic (exact) mass is 326 g/mol. The van der Waals surface area contributed by atoms with E-state index < -0.39 is 0 Å². The molecule has 1 saturated heterocycles. The highest BCUT2D eigenvalue weighted by Gasteiger charge is 2.27. The minimum absolute atomic E-state index is 0. The smallest absolute Gasteiger partial charge is 0.127 e. The molecule has 2 fully saturated rings. The molecule has 0 bridgehead atoms. The number of nitrogens with one attached hydrogen (secondary N) is 1. The molecule has 1 aliphatic carbocycles. The number of rotatable bonds is 4. The van der Waals surface area contributed by atoms with Crippen LogP contribution in [0.15, 0.2) is 12.4 Å². The van der Waals surface area contributed by atoms with Crippen molar-refractivity contribution in [2.75, 3.05) is 26.2 Å². The van der Waals surface area contributed by atoms with Gasteiger partial charge in [0.05, 0.1) is 6.04 Å². The van der Waals surface area contributed by atoms with Crippen LogP contribution in [-0.2, 0) is 7.05 Å². The summed E-state index contributed by atoms with van der Waals surface area (Å²) in [7, 11) is 2.11. The first-order valence-corrected chi connectivity index (χ1v) is 8.66. The summed E-state index contributed by atoms with van der Waals surface area (Å²) in [6.07, 6.45) is 11.1. The minimum atomic E-state index is 0. The average molecular weight is 327 g/mol. The van der Waals surface area contributed by atoms with Gasteiger partial charge in [-0.1, -0.05) is 26.2 Å². The minimum Gasteiger partial charge on any atom is -0.337 e. The van der Waals surface area contributed by atoms with Crippen LogP contribution in [0.25, 0.3) is 0 Å². The Hall–Kier alpha value is -0.580. The second-order valence-electron chi connectivity index (χ2n) is 7.08. The lowest BCUT2D eigenvalue weighted by Crippen LogP contribution is -2.47. The molecule has 126 valence electrons. The van der Waals surface area contributed by atoms with Crippen molar-refractivity contribution in [3.8, 4) is 0 Å². The molecule has 0 aromatic carbocycles. The lowest BCUT2D eigenvalue weighted by Gasteiger charge is -2.37. The molecule has 5 heteroatoms. The first kappa shape index (κ1) is 17.8. The number of imidazole rings is 1. The SMILES string of the molecule is CC1CCCC(CCN2CCNCC2c2nccn2C)C1.Cl. The number of aryl methyl sites for hydroxylation is 1. The van der Waals surface area contributed by atoms with E-state index in [1.807, 2.05) is 6.20 Å². The number of nitrogens with zero attached hydrogens (tertiary/aromatic N) is 3. The second kappa shape index (κ2) is 8.32. The molecule has 0 amide bonds. The second-order valence-corrected chi connectivity index (χ2v) is 7.08. The van der Waals surface area contributed by atoms with Crippen LogP contribution in [0, 0.1) is 11.8 Å². The fourth-order valence-electron chi connectivity index (χ4n) is 4.14. The molecule has 4 nitrogen and oxygen atoms in total. The number of piperazine rings is 1. The fourth-order valence-corrected chi connectivity index (χ4v) is 4.14. The lowest BCUT2D eigenvalue weighted by atomic mass is 9.81. The summed E-state index contributed by atoms with van der Waals surface area (Å²) in [6, 6.07) is 0.444. The molecule has 3 unspecified atom stereocenters. The number of halogens is 1. The van der Waals surface area contributed by atoms with Crippen LogP contribution in [0.3, 0.4) is 0 Å². The summed E-state index contributed by atoms with van der Waals surface area (Å²) < 4.78 is 2.17. The van der Waals surface area contributed by atoms with Gasteiger partial charge >= 0.3 is 0 Å². The van der Waals surface area contributed by atoms with Gasteiger partial charge in [-0.05, 0) is 31.2 Å². The Bertz CT molecular complexity index is 448. The summed E-state index contributed by atoms with van der Waals surface area (Å²) in [5.41, 5.74) is 0. The Morgan fingerprint density at radius 2 is 2.23 bits per heavy atom. The quantitative estimate of drug-likeness (QED) is 0.923. The van der Waals surface area contributed by atoms with E-state index in [9.17, 15) is 0 Å². The molecule has 0 spiro atoms. The molecule has 1 aromatic rings. The molecule has 22 heavy (non-hydrogen) atoms. The zero-order valence-corrected chi connectivity index (χ0v) is 14.8. The summed E-state index contributed by atoms with van der Waals surface area (Å²) in [4.78, 5) is 7.23. The standard InChI is InChI=1S/C17H30N4.ClH/c1-14-4-3-5-15(12-14)6-9-21-11-7-18-13-16(21)17-19-8-10-20(17)2;/h8,10,14-16,18H,3-7,9,11-13H2,1-2H3;1H. The Morgan fingerprint density at radius 3 is 2.95 bits per heavy atom. The average Bonchev–Trinajstić information content (AvgIpc) is 2.91. The summed E-state index contributed by atoms with van der Waals surface area (Å²) in [5.74, 6) is 3.10. The molecule has 2 aliphatic rings. The van der Waals surface area contributed by atoms with Gasteiger partial charge in [-0.2, -0.15) is 0 Å². The van der Waals surface area contributed by atoms with E-state index in [2.05, 4.69) is 39.9 Å². The highest BCUT2D eigenvalue weighted by molar-refractivity contribution is 5.85. The van der Waals surface area contributed by atoms with E-state index in [1.165, 1.54) is 44.5 Å². The van der Waals surface area contributed by atoms with Gasteiger partial charge in [-0.15, -0.1) is 12.4 Å². The van der Waals surface area contributed by atoms with Crippen molar-refractivity contribution in [2.45, 2.75) is 45.1 Å². The normalized spacial score (nSPS) is 30.0. The van der Waals surface area contributed by atoms with E-state index in [4.69, 9.17) is 0 Å². The summed E-state index contributed by atoms with van der Waals surface area (Å²) in [6.45, 7) is 6.96. The molecule has 0 radical (unpaired) electrons. The van der Waals surface area contributed by atoms with Crippen LogP contribution in [0.5, 0.6) is 0 Å². The molecule has 3 rings (SSSR count). The van der Waals surface area contributed by atoms with Crippen molar-refractivity contribution in [1.82, 2.24) is 19.8 Å². The van der Waals surface area contributed by atoms with Crippen molar-refractivity contribution in [2.24, 2.45) is 18.9 Å². The fraction of sp³-hybridized carbons (Fsp3) is 0.824. The molecular weight excluding hydrogens is 296 g/mol. The van der Waals surface area contributed by atoms with E-state index in [1.54, 1.807) is 0 Å². The highest BCUT2D eigenvalue weighted by atomic mass is 35.5. The Morgan fingerprint density at radius 1 is 1.36 bits per heavy atom. The number of aromatic nitrogens is 2. The maximum absolute atomic E-state index is 4.58. The molecular formula is C17H31ClN4. The molecule has 2 heterocycles. The molecule has 1 saturated carbocycles. The predicted molar refractivity (Wildman–Crippen MR) is 93.4 cm³/mol. The van der Waals surface area contributed by atoms with E-state index >= 15 is 0 Å². The summed E-state index contributed by atoms with van der Waals surface area (Å²) >= 11 is 0. The topological polar surface area (TPSA) is 33.1 Å². The maximum atomic E-state index is 4.58. The Balaban J connectivity index is 0.00000176. The number of hydrogen-bond acceptors (Lipinski definition) is 3. The number of hydrogen-bond donors (Lipinski definition) is 1. The van der Waals surface area contributed by atoms with E-state index in [-0.39, 0.29) is 12.4 Å². The van der Waals surface area contributed by atoms with Crippen molar-refractivity contribution in [1.29, 1.82) is 0 Å². The van der Waals surface area contributed by atoms with Gasteiger partial charge in [0.15, 0.2) is 0 Å². The van der Waals surface area contributed by atoms with Gasteiger partial charge in [0.2, 0.25) is 0 Å². The van der Waals surface area contributed by atoms with Crippen LogP contribution >= 0.6 is 12.4 Å². The van der Waals surface area contributed by atoms with Crippen LogP contribution in [0.4, 0.5) is 0 Å². The van der Waals surface area contributed by atoms with Gasteiger partial charge in [-0.3, -0.25) is 4.90 Å². The first-order valence-electron chi connectivity index (χ1n) is 8.66.